The monoisotopic (exact) mass is 265 g/mol. The molecule has 0 unspecified atom stereocenters. The van der Waals surface area contributed by atoms with E-state index in [4.69, 9.17) is 4.98 Å². The Hall–Kier alpha value is -0.770. The summed E-state index contributed by atoms with van der Waals surface area (Å²) in [5, 5.41) is 3.39. The van der Waals surface area contributed by atoms with Crippen molar-refractivity contribution in [1.29, 1.82) is 0 Å². The quantitative estimate of drug-likeness (QED) is 0.856. The standard InChI is InChI=1S/C14H23N3S/c1-4-15-14-11-6-5-7-12(11)16-13(17-14)9-18-8-10(2)3/h10H,4-9H2,1-3H3,(H,15,16,17). The molecule has 1 N–H and O–H groups in total. The van der Waals surface area contributed by atoms with Gasteiger partial charge in [-0.15, -0.1) is 0 Å². The van der Waals surface area contributed by atoms with Gasteiger partial charge in [-0.2, -0.15) is 11.8 Å². The zero-order valence-corrected chi connectivity index (χ0v) is 12.4. The number of nitrogens with one attached hydrogen (secondary N) is 1. The predicted octanol–water partition coefficient (Wildman–Crippen LogP) is 3.29. The van der Waals surface area contributed by atoms with E-state index in [1.165, 1.54) is 23.4 Å². The Kier molecular flexibility index (Phi) is 4.87. The van der Waals surface area contributed by atoms with Gasteiger partial charge in [-0.1, -0.05) is 13.8 Å². The van der Waals surface area contributed by atoms with Crippen LogP contribution in [0.1, 0.15) is 44.3 Å². The average molecular weight is 265 g/mol. The summed E-state index contributed by atoms with van der Waals surface area (Å²) in [7, 11) is 0. The minimum atomic E-state index is 0.734. The first-order chi connectivity index (χ1) is 8.70. The summed E-state index contributed by atoms with van der Waals surface area (Å²) in [6.07, 6.45) is 3.49. The highest BCUT2D eigenvalue weighted by atomic mass is 32.2. The van der Waals surface area contributed by atoms with Crippen molar-refractivity contribution in [1.82, 2.24) is 9.97 Å². The number of nitrogens with zero attached hydrogens (tertiary/aromatic N) is 2. The van der Waals surface area contributed by atoms with E-state index in [1.807, 2.05) is 11.8 Å². The summed E-state index contributed by atoms with van der Waals surface area (Å²) in [5.74, 6) is 4.93. The summed E-state index contributed by atoms with van der Waals surface area (Å²) in [6, 6.07) is 0. The lowest BCUT2D eigenvalue weighted by Gasteiger charge is -2.11. The molecule has 0 saturated heterocycles. The van der Waals surface area contributed by atoms with E-state index in [1.54, 1.807) is 0 Å². The Labute approximate surface area is 114 Å². The van der Waals surface area contributed by atoms with Gasteiger partial charge < -0.3 is 5.32 Å². The van der Waals surface area contributed by atoms with Crippen LogP contribution in [0.5, 0.6) is 0 Å². The lowest BCUT2D eigenvalue weighted by molar-refractivity contribution is 0.749. The maximum atomic E-state index is 4.72. The minimum absolute atomic E-state index is 0.734. The SMILES string of the molecule is CCNc1nc(CSCC(C)C)nc2c1CCC2. The molecule has 1 heterocycles. The fourth-order valence-electron chi connectivity index (χ4n) is 2.25. The van der Waals surface area contributed by atoms with E-state index in [2.05, 4.69) is 31.1 Å². The van der Waals surface area contributed by atoms with Crippen molar-refractivity contribution in [2.45, 2.75) is 45.8 Å². The van der Waals surface area contributed by atoms with Crippen molar-refractivity contribution in [3.05, 3.63) is 17.1 Å². The molecular weight excluding hydrogens is 242 g/mol. The molecule has 0 saturated carbocycles. The van der Waals surface area contributed by atoms with Gasteiger partial charge in [-0.3, -0.25) is 0 Å². The lowest BCUT2D eigenvalue weighted by Crippen LogP contribution is -2.08. The van der Waals surface area contributed by atoms with Gasteiger partial charge in [0.25, 0.3) is 0 Å². The zero-order valence-electron chi connectivity index (χ0n) is 11.6. The highest BCUT2D eigenvalue weighted by molar-refractivity contribution is 7.98. The average Bonchev–Trinajstić information content (AvgIpc) is 2.77. The second-order valence-electron chi connectivity index (χ2n) is 5.21. The van der Waals surface area contributed by atoms with E-state index in [-0.39, 0.29) is 0 Å². The summed E-state index contributed by atoms with van der Waals surface area (Å²) >= 11 is 1.93. The molecule has 100 valence electrons. The van der Waals surface area contributed by atoms with Crippen molar-refractivity contribution in [3.8, 4) is 0 Å². The van der Waals surface area contributed by atoms with Crippen LogP contribution in [0.3, 0.4) is 0 Å². The van der Waals surface area contributed by atoms with Crippen molar-refractivity contribution < 1.29 is 0 Å². The molecule has 0 aliphatic heterocycles. The molecule has 0 amide bonds. The third-order valence-corrected chi connectivity index (χ3v) is 4.37. The zero-order chi connectivity index (χ0) is 13.0. The van der Waals surface area contributed by atoms with Crippen molar-refractivity contribution in [2.24, 2.45) is 5.92 Å². The largest absolute Gasteiger partial charge is 0.370 e. The second kappa shape index (κ2) is 6.41. The first-order valence-electron chi connectivity index (χ1n) is 6.91. The number of hydrogen-bond donors (Lipinski definition) is 1. The van der Waals surface area contributed by atoms with E-state index in [0.29, 0.717) is 0 Å². The number of anilines is 1. The number of rotatable bonds is 6. The summed E-state index contributed by atoms with van der Waals surface area (Å²) in [4.78, 5) is 9.41. The summed E-state index contributed by atoms with van der Waals surface area (Å²) in [5.41, 5.74) is 2.63. The first kappa shape index (κ1) is 13.7. The van der Waals surface area contributed by atoms with Gasteiger partial charge in [0, 0.05) is 17.8 Å². The maximum absolute atomic E-state index is 4.72. The Morgan fingerprint density at radius 1 is 1.28 bits per heavy atom. The highest BCUT2D eigenvalue weighted by Crippen LogP contribution is 2.27. The molecule has 3 nitrogen and oxygen atoms in total. The topological polar surface area (TPSA) is 37.8 Å². The molecule has 18 heavy (non-hydrogen) atoms. The van der Waals surface area contributed by atoms with Crippen molar-refractivity contribution in [2.75, 3.05) is 17.6 Å². The van der Waals surface area contributed by atoms with Gasteiger partial charge in [-0.05, 0) is 37.9 Å². The summed E-state index contributed by atoms with van der Waals surface area (Å²) < 4.78 is 0. The number of fused-ring (bicyclic) bond motifs is 1. The van der Waals surface area contributed by atoms with E-state index < -0.39 is 0 Å². The smallest absolute Gasteiger partial charge is 0.140 e. The second-order valence-corrected chi connectivity index (χ2v) is 6.24. The molecule has 0 aromatic carbocycles. The fourth-order valence-corrected chi connectivity index (χ4v) is 3.15. The molecule has 0 atom stereocenters. The van der Waals surface area contributed by atoms with Crippen LogP contribution in [0.25, 0.3) is 0 Å². The third kappa shape index (κ3) is 3.37. The van der Waals surface area contributed by atoms with Crippen molar-refractivity contribution in [3.63, 3.8) is 0 Å². The van der Waals surface area contributed by atoms with Crippen LogP contribution >= 0.6 is 11.8 Å². The molecule has 0 spiro atoms. The molecule has 1 aliphatic carbocycles. The van der Waals surface area contributed by atoms with Gasteiger partial charge in [0.1, 0.15) is 11.6 Å². The molecular formula is C14H23N3S. The van der Waals surface area contributed by atoms with Crippen LogP contribution in [0.4, 0.5) is 5.82 Å². The highest BCUT2D eigenvalue weighted by Gasteiger charge is 2.18. The molecule has 0 fully saturated rings. The molecule has 1 aromatic heterocycles. The van der Waals surface area contributed by atoms with Crippen LogP contribution in [0, 0.1) is 5.92 Å². The number of aryl methyl sites for hydroxylation is 1. The third-order valence-electron chi connectivity index (χ3n) is 3.01. The van der Waals surface area contributed by atoms with Crippen molar-refractivity contribution >= 4 is 17.6 Å². The minimum Gasteiger partial charge on any atom is -0.370 e. The first-order valence-corrected chi connectivity index (χ1v) is 8.06. The van der Waals surface area contributed by atoms with Gasteiger partial charge >= 0.3 is 0 Å². The van der Waals surface area contributed by atoms with Crippen LogP contribution < -0.4 is 5.32 Å². The molecule has 1 aliphatic rings. The molecule has 4 heteroatoms. The Bertz CT molecular complexity index is 404. The maximum Gasteiger partial charge on any atom is 0.140 e. The van der Waals surface area contributed by atoms with E-state index in [0.717, 1.165) is 42.7 Å². The predicted molar refractivity (Wildman–Crippen MR) is 79.2 cm³/mol. The molecule has 0 radical (unpaired) electrons. The number of hydrogen-bond acceptors (Lipinski definition) is 4. The van der Waals surface area contributed by atoms with Crippen LogP contribution in [-0.4, -0.2) is 22.3 Å². The van der Waals surface area contributed by atoms with Gasteiger partial charge in [-0.25, -0.2) is 9.97 Å². The van der Waals surface area contributed by atoms with Crippen LogP contribution in [0.15, 0.2) is 0 Å². The van der Waals surface area contributed by atoms with Crippen LogP contribution in [-0.2, 0) is 18.6 Å². The Morgan fingerprint density at radius 3 is 2.83 bits per heavy atom. The normalized spacial score (nSPS) is 14.0. The lowest BCUT2D eigenvalue weighted by atomic mass is 10.2. The Morgan fingerprint density at radius 2 is 2.11 bits per heavy atom. The number of thioether (sulfide) groups is 1. The molecule has 2 rings (SSSR count). The van der Waals surface area contributed by atoms with Gasteiger partial charge in [0.15, 0.2) is 0 Å². The van der Waals surface area contributed by atoms with E-state index in [9.17, 15) is 0 Å². The van der Waals surface area contributed by atoms with Crippen LogP contribution in [0.2, 0.25) is 0 Å². The Balaban J connectivity index is 2.09. The van der Waals surface area contributed by atoms with E-state index >= 15 is 0 Å². The molecule has 0 bridgehead atoms. The van der Waals surface area contributed by atoms with Gasteiger partial charge in [0.05, 0.1) is 5.75 Å². The van der Waals surface area contributed by atoms with Gasteiger partial charge in [0.2, 0.25) is 0 Å². The fraction of sp³-hybridized carbons (Fsp3) is 0.714. The molecule has 1 aromatic rings. The number of aromatic nitrogens is 2. The summed E-state index contributed by atoms with van der Waals surface area (Å²) in [6.45, 7) is 7.56.